The summed E-state index contributed by atoms with van der Waals surface area (Å²) in [6.07, 6.45) is -4.06. The minimum atomic E-state index is -4.58. The number of nitrogens with one attached hydrogen (secondary N) is 1. The standard InChI is InChI=1S/C24H20F3N3/c1-2-16-12-13-19-17(14-16)15-23(24(25,26)27,28-18-8-4-3-5-9-18)30-22(19)20-10-6-7-11-21(20)29-30/h3-14,28H,2,15H2,1H3. The average molecular weight is 407 g/mol. The number of nitrogens with zero attached hydrogens (tertiary/aromatic N) is 2. The zero-order chi connectivity index (χ0) is 20.9. The quantitative estimate of drug-likeness (QED) is 0.441. The highest BCUT2D eigenvalue weighted by atomic mass is 19.4. The van der Waals surface area contributed by atoms with Gasteiger partial charge >= 0.3 is 6.18 Å². The van der Waals surface area contributed by atoms with Crippen LogP contribution in [0, 0.1) is 0 Å². The molecule has 1 N–H and O–H groups in total. The molecule has 0 bridgehead atoms. The first kappa shape index (κ1) is 18.7. The second-order valence-electron chi connectivity index (χ2n) is 7.65. The fraction of sp³-hybridized carbons (Fsp3) is 0.208. The van der Waals surface area contributed by atoms with Crippen LogP contribution in [0.25, 0.3) is 22.2 Å². The summed E-state index contributed by atoms with van der Waals surface area (Å²) in [5, 5.41) is 7.96. The second kappa shape index (κ2) is 6.62. The molecular formula is C24H20F3N3. The number of anilines is 1. The fourth-order valence-electron chi connectivity index (χ4n) is 4.31. The van der Waals surface area contributed by atoms with Crippen molar-refractivity contribution in [3.63, 3.8) is 0 Å². The molecule has 0 saturated heterocycles. The number of halogens is 3. The van der Waals surface area contributed by atoms with Crippen molar-refractivity contribution < 1.29 is 13.2 Å². The summed E-state index contributed by atoms with van der Waals surface area (Å²) in [4.78, 5) is 0. The number of hydrogen-bond donors (Lipinski definition) is 1. The van der Waals surface area contributed by atoms with Crippen molar-refractivity contribution in [2.45, 2.75) is 31.6 Å². The molecule has 6 heteroatoms. The Morgan fingerprint density at radius 2 is 1.73 bits per heavy atom. The maximum absolute atomic E-state index is 14.8. The minimum absolute atomic E-state index is 0.241. The molecule has 1 atom stereocenters. The number of aryl methyl sites for hydroxylation is 1. The Hall–Kier alpha value is -3.28. The molecular weight excluding hydrogens is 387 g/mol. The number of hydrogen-bond acceptors (Lipinski definition) is 2. The molecule has 5 rings (SSSR count). The van der Waals surface area contributed by atoms with Crippen LogP contribution < -0.4 is 5.32 Å². The number of alkyl halides is 3. The number of rotatable bonds is 3. The predicted molar refractivity (Wildman–Crippen MR) is 112 cm³/mol. The highest BCUT2D eigenvalue weighted by Gasteiger charge is 2.60. The molecule has 1 aromatic heterocycles. The van der Waals surface area contributed by atoms with Gasteiger partial charge in [0.2, 0.25) is 5.66 Å². The lowest BCUT2D eigenvalue weighted by molar-refractivity contribution is -0.208. The van der Waals surface area contributed by atoms with E-state index in [-0.39, 0.29) is 6.42 Å². The van der Waals surface area contributed by atoms with Gasteiger partial charge in [-0.15, -0.1) is 0 Å². The van der Waals surface area contributed by atoms with Gasteiger partial charge in [0.25, 0.3) is 0 Å². The number of benzene rings is 3. The molecule has 1 aliphatic heterocycles. The van der Waals surface area contributed by atoms with Gasteiger partial charge in [0, 0.05) is 23.1 Å². The summed E-state index contributed by atoms with van der Waals surface area (Å²) >= 11 is 0. The zero-order valence-corrected chi connectivity index (χ0v) is 16.4. The molecule has 0 fully saturated rings. The van der Waals surface area contributed by atoms with Gasteiger partial charge in [0.05, 0.1) is 11.2 Å². The van der Waals surface area contributed by atoms with Gasteiger partial charge in [-0.05, 0) is 35.7 Å². The van der Waals surface area contributed by atoms with Crippen LogP contribution in [-0.2, 0) is 18.5 Å². The number of aromatic nitrogens is 2. The summed E-state index contributed by atoms with van der Waals surface area (Å²) in [6, 6.07) is 21.5. The first-order chi connectivity index (χ1) is 14.4. The topological polar surface area (TPSA) is 29.9 Å². The van der Waals surface area contributed by atoms with Crippen LogP contribution in [0.4, 0.5) is 18.9 Å². The smallest absolute Gasteiger partial charge is 0.354 e. The Morgan fingerprint density at radius 1 is 1.00 bits per heavy atom. The van der Waals surface area contributed by atoms with Crippen LogP contribution in [0.1, 0.15) is 18.1 Å². The van der Waals surface area contributed by atoms with Crippen LogP contribution in [0.3, 0.4) is 0 Å². The predicted octanol–water partition coefficient (Wildman–Crippen LogP) is 6.15. The third-order valence-corrected chi connectivity index (χ3v) is 5.81. The van der Waals surface area contributed by atoms with Gasteiger partial charge in [-0.3, -0.25) is 0 Å². The fourth-order valence-corrected chi connectivity index (χ4v) is 4.31. The molecule has 3 aromatic carbocycles. The van der Waals surface area contributed by atoms with Crippen LogP contribution in [0.15, 0.2) is 72.8 Å². The van der Waals surface area contributed by atoms with E-state index in [4.69, 9.17) is 0 Å². The molecule has 0 amide bonds. The molecule has 3 nitrogen and oxygen atoms in total. The van der Waals surface area contributed by atoms with Crippen molar-refractivity contribution in [1.29, 1.82) is 0 Å². The van der Waals surface area contributed by atoms with Crippen molar-refractivity contribution in [1.82, 2.24) is 9.78 Å². The third-order valence-electron chi connectivity index (χ3n) is 5.81. The zero-order valence-electron chi connectivity index (χ0n) is 16.4. The van der Waals surface area contributed by atoms with E-state index in [0.717, 1.165) is 22.2 Å². The largest absolute Gasteiger partial charge is 0.432 e. The number of para-hydroxylation sites is 1. The monoisotopic (exact) mass is 407 g/mol. The van der Waals surface area contributed by atoms with E-state index in [9.17, 15) is 13.2 Å². The van der Waals surface area contributed by atoms with E-state index < -0.39 is 11.8 Å². The first-order valence-corrected chi connectivity index (χ1v) is 9.93. The summed E-state index contributed by atoms with van der Waals surface area (Å²) < 4.78 is 45.7. The molecule has 4 aromatic rings. The van der Waals surface area contributed by atoms with Crippen LogP contribution >= 0.6 is 0 Å². The lowest BCUT2D eigenvalue weighted by atomic mass is 9.86. The Balaban J connectivity index is 1.84. The summed E-state index contributed by atoms with van der Waals surface area (Å²) in [5.74, 6) is 0. The van der Waals surface area contributed by atoms with Gasteiger partial charge in [0.1, 0.15) is 0 Å². The molecule has 0 spiro atoms. The molecule has 0 saturated carbocycles. The minimum Gasteiger partial charge on any atom is -0.354 e. The van der Waals surface area contributed by atoms with Crippen molar-refractivity contribution in [2.24, 2.45) is 0 Å². The average Bonchev–Trinajstić information content (AvgIpc) is 3.14. The molecule has 30 heavy (non-hydrogen) atoms. The lowest BCUT2D eigenvalue weighted by Gasteiger charge is -2.42. The van der Waals surface area contributed by atoms with Gasteiger partial charge in [0.15, 0.2) is 0 Å². The second-order valence-corrected chi connectivity index (χ2v) is 7.65. The van der Waals surface area contributed by atoms with Gasteiger partial charge in [-0.1, -0.05) is 61.5 Å². The Bertz CT molecular complexity index is 1230. The molecule has 0 radical (unpaired) electrons. The lowest BCUT2D eigenvalue weighted by Crippen LogP contribution is -2.57. The summed E-state index contributed by atoms with van der Waals surface area (Å²) in [5.41, 5.74) is 1.54. The van der Waals surface area contributed by atoms with Gasteiger partial charge in [-0.25, -0.2) is 4.68 Å². The highest BCUT2D eigenvalue weighted by molar-refractivity contribution is 5.95. The van der Waals surface area contributed by atoms with Crippen LogP contribution in [0.5, 0.6) is 0 Å². The van der Waals surface area contributed by atoms with E-state index >= 15 is 0 Å². The molecule has 1 unspecified atom stereocenters. The van der Waals surface area contributed by atoms with E-state index in [2.05, 4.69) is 10.4 Å². The maximum Gasteiger partial charge on any atom is 0.432 e. The summed E-state index contributed by atoms with van der Waals surface area (Å²) in [7, 11) is 0. The Morgan fingerprint density at radius 3 is 2.47 bits per heavy atom. The van der Waals surface area contributed by atoms with Crippen LogP contribution in [-0.4, -0.2) is 16.0 Å². The molecule has 0 aliphatic carbocycles. The summed E-state index contributed by atoms with van der Waals surface area (Å²) in [6.45, 7) is 2.00. The van der Waals surface area contributed by atoms with E-state index in [0.29, 0.717) is 27.8 Å². The molecule has 1 aliphatic rings. The van der Waals surface area contributed by atoms with Gasteiger partial charge < -0.3 is 5.32 Å². The van der Waals surface area contributed by atoms with Crippen LogP contribution in [0.2, 0.25) is 0 Å². The molecule has 2 heterocycles. The van der Waals surface area contributed by atoms with Crippen molar-refractivity contribution in [2.75, 3.05) is 5.32 Å². The first-order valence-electron chi connectivity index (χ1n) is 9.93. The third kappa shape index (κ3) is 2.70. The Labute approximate surface area is 172 Å². The van der Waals surface area contributed by atoms with E-state index in [1.807, 2.05) is 37.3 Å². The molecule has 152 valence electrons. The van der Waals surface area contributed by atoms with Crippen molar-refractivity contribution >= 4 is 16.6 Å². The van der Waals surface area contributed by atoms with E-state index in [1.54, 1.807) is 42.5 Å². The highest BCUT2D eigenvalue weighted by Crippen LogP contribution is 2.49. The normalized spacial score (nSPS) is 18.1. The SMILES string of the molecule is CCc1ccc2c(c1)CC(Nc1ccccc1)(C(F)(F)F)n1nc3ccccc3c1-2. The maximum atomic E-state index is 14.8. The number of fused-ring (bicyclic) bond motifs is 5. The van der Waals surface area contributed by atoms with Crippen molar-refractivity contribution in [3.8, 4) is 11.3 Å². The van der Waals surface area contributed by atoms with Gasteiger partial charge in [-0.2, -0.15) is 18.3 Å². The Kier molecular flexibility index (Phi) is 4.13. The van der Waals surface area contributed by atoms with Crippen molar-refractivity contribution in [3.05, 3.63) is 83.9 Å². The van der Waals surface area contributed by atoms with E-state index in [1.165, 1.54) is 0 Å².